The van der Waals surface area contributed by atoms with E-state index in [4.69, 9.17) is 10.5 Å². The summed E-state index contributed by atoms with van der Waals surface area (Å²) >= 11 is 0. The van der Waals surface area contributed by atoms with Crippen molar-refractivity contribution in [1.29, 1.82) is 0 Å². The third kappa shape index (κ3) is 5.76. The van der Waals surface area contributed by atoms with E-state index in [0.29, 0.717) is 5.92 Å². The van der Waals surface area contributed by atoms with Crippen molar-refractivity contribution in [3.05, 3.63) is 29.8 Å². The number of methoxy groups -OCH3 is 1. The zero-order chi connectivity index (χ0) is 15.8. The van der Waals surface area contributed by atoms with Crippen molar-refractivity contribution in [3.63, 3.8) is 0 Å². The molecule has 118 valence electrons. The lowest BCUT2D eigenvalue weighted by molar-refractivity contribution is -0.131. The Morgan fingerprint density at radius 1 is 1.33 bits per heavy atom. The second-order valence-corrected chi connectivity index (χ2v) is 5.77. The molecule has 0 aromatic heterocycles. The second kappa shape index (κ2) is 8.67. The van der Waals surface area contributed by atoms with Gasteiger partial charge in [0, 0.05) is 13.6 Å². The van der Waals surface area contributed by atoms with Crippen LogP contribution in [0.15, 0.2) is 24.3 Å². The van der Waals surface area contributed by atoms with Gasteiger partial charge in [-0.05, 0) is 36.5 Å². The molecule has 0 bridgehead atoms. The van der Waals surface area contributed by atoms with Crippen molar-refractivity contribution in [1.82, 2.24) is 4.90 Å². The highest BCUT2D eigenvalue weighted by Gasteiger charge is 2.18. The standard InChI is InChI=1S/C17H28N2O2/c1-5-6-16(18)17(20)19(3)12-13(2)11-14-7-9-15(21-4)10-8-14/h7-10,13,16H,5-6,11-12,18H2,1-4H3. The number of hydrogen-bond donors (Lipinski definition) is 1. The first kappa shape index (κ1) is 17.5. The van der Waals surface area contributed by atoms with Gasteiger partial charge >= 0.3 is 0 Å². The number of carbonyl (C=O) groups excluding carboxylic acids is 1. The summed E-state index contributed by atoms with van der Waals surface area (Å²) < 4.78 is 5.15. The lowest BCUT2D eigenvalue weighted by Crippen LogP contribution is -2.43. The van der Waals surface area contributed by atoms with Crippen molar-refractivity contribution >= 4 is 5.91 Å². The Balaban J connectivity index is 2.48. The van der Waals surface area contributed by atoms with Gasteiger partial charge in [0.25, 0.3) is 0 Å². The van der Waals surface area contributed by atoms with Crippen LogP contribution < -0.4 is 10.5 Å². The van der Waals surface area contributed by atoms with Crippen molar-refractivity contribution < 1.29 is 9.53 Å². The number of nitrogens with two attached hydrogens (primary N) is 1. The molecule has 0 aliphatic carbocycles. The largest absolute Gasteiger partial charge is 0.497 e. The topological polar surface area (TPSA) is 55.6 Å². The fourth-order valence-electron chi connectivity index (χ4n) is 2.50. The molecule has 0 radical (unpaired) electrons. The summed E-state index contributed by atoms with van der Waals surface area (Å²) in [6.07, 6.45) is 2.61. The average Bonchev–Trinajstić information content (AvgIpc) is 2.47. The third-order valence-corrected chi connectivity index (χ3v) is 3.62. The normalized spacial score (nSPS) is 13.6. The summed E-state index contributed by atoms with van der Waals surface area (Å²) in [5.74, 6) is 1.30. The quantitative estimate of drug-likeness (QED) is 0.801. The molecule has 2 N–H and O–H groups in total. The molecular formula is C17H28N2O2. The molecule has 1 aromatic carbocycles. The van der Waals surface area contributed by atoms with Crippen molar-refractivity contribution in [2.75, 3.05) is 20.7 Å². The van der Waals surface area contributed by atoms with Crippen LogP contribution >= 0.6 is 0 Å². The Hall–Kier alpha value is -1.55. The van der Waals surface area contributed by atoms with Gasteiger partial charge in [0.15, 0.2) is 0 Å². The molecule has 1 aromatic rings. The molecule has 2 unspecified atom stereocenters. The van der Waals surface area contributed by atoms with Gasteiger partial charge in [-0.25, -0.2) is 0 Å². The number of amides is 1. The van der Waals surface area contributed by atoms with Crippen LogP contribution in [0.5, 0.6) is 5.75 Å². The summed E-state index contributed by atoms with van der Waals surface area (Å²) in [7, 11) is 3.50. The number of likely N-dealkylation sites (N-methyl/N-ethyl adjacent to an activating group) is 1. The van der Waals surface area contributed by atoms with Crippen LogP contribution in [0.25, 0.3) is 0 Å². The van der Waals surface area contributed by atoms with E-state index in [1.807, 2.05) is 26.1 Å². The highest BCUT2D eigenvalue weighted by molar-refractivity contribution is 5.81. The fraction of sp³-hybridized carbons (Fsp3) is 0.588. The molecule has 0 aliphatic rings. The van der Waals surface area contributed by atoms with E-state index >= 15 is 0 Å². The highest BCUT2D eigenvalue weighted by atomic mass is 16.5. The minimum Gasteiger partial charge on any atom is -0.497 e. The molecule has 0 saturated heterocycles. The fourth-order valence-corrected chi connectivity index (χ4v) is 2.50. The molecule has 0 aliphatic heterocycles. The third-order valence-electron chi connectivity index (χ3n) is 3.62. The Kier molecular flexibility index (Phi) is 7.23. The van der Waals surface area contributed by atoms with Gasteiger partial charge in [0.2, 0.25) is 5.91 Å². The SMILES string of the molecule is CCCC(N)C(=O)N(C)CC(C)Cc1ccc(OC)cc1. The van der Waals surface area contributed by atoms with E-state index in [-0.39, 0.29) is 11.9 Å². The number of ether oxygens (including phenoxy) is 1. The Labute approximate surface area is 128 Å². The maximum absolute atomic E-state index is 12.1. The summed E-state index contributed by atoms with van der Waals surface area (Å²) in [6.45, 7) is 4.92. The van der Waals surface area contributed by atoms with Gasteiger partial charge in [0.05, 0.1) is 13.2 Å². The van der Waals surface area contributed by atoms with E-state index in [2.05, 4.69) is 19.1 Å². The predicted octanol–water partition coefficient (Wildman–Crippen LogP) is 2.46. The minimum atomic E-state index is -0.367. The van der Waals surface area contributed by atoms with Crippen molar-refractivity contribution in [2.45, 2.75) is 39.2 Å². The summed E-state index contributed by atoms with van der Waals surface area (Å²) in [5.41, 5.74) is 7.14. The summed E-state index contributed by atoms with van der Waals surface area (Å²) in [5, 5.41) is 0. The van der Waals surface area contributed by atoms with Crippen LogP contribution in [-0.2, 0) is 11.2 Å². The molecule has 0 fully saturated rings. The molecule has 0 heterocycles. The smallest absolute Gasteiger partial charge is 0.239 e. The van der Waals surface area contributed by atoms with Gasteiger partial charge in [-0.3, -0.25) is 4.79 Å². The Morgan fingerprint density at radius 3 is 2.48 bits per heavy atom. The molecular weight excluding hydrogens is 264 g/mol. The van der Waals surface area contributed by atoms with Crippen LogP contribution in [0.3, 0.4) is 0 Å². The van der Waals surface area contributed by atoms with E-state index < -0.39 is 0 Å². The van der Waals surface area contributed by atoms with Crippen molar-refractivity contribution in [3.8, 4) is 5.75 Å². The number of hydrogen-bond acceptors (Lipinski definition) is 3. The van der Waals surface area contributed by atoms with Gasteiger partial charge in [-0.15, -0.1) is 0 Å². The molecule has 4 heteroatoms. The second-order valence-electron chi connectivity index (χ2n) is 5.77. The summed E-state index contributed by atoms with van der Waals surface area (Å²) in [6, 6.07) is 7.70. The van der Waals surface area contributed by atoms with Crippen LogP contribution in [0.2, 0.25) is 0 Å². The van der Waals surface area contributed by atoms with E-state index in [1.54, 1.807) is 12.0 Å². The van der Waals surface area contributed by atoms with Gasteiger partial charge < -0.3 is 15.4 Å². The van der Waals surface area contributed by atoms with Crippen LogP contribution in [-0.4, -0.2) is 37.6 Å². The molecule has 1 amide bonds. The Morgan fingerprint density at radius 2 is 1.95 bits per heavy atom. The van der Waals surface area contributed by atoms with E-state index in [1.165, 1.54) is 5.56 Å². The monoisotopic (exact) mass is 292 g/mol. The molecule has 0 spiro atoms. The van der Waals surface area contributed by atoms with Gasteiger partial charge in [-0.1, -0.05) is 32.4 Å². The molecule has 4 nitrogen and oxygen atoms in total. The Bertz CT molecular complexity index is 431. The highest BCUT2D eigenvalue weighted by Crippen LogP contribution is 2.15. The van der Waals surface area contributed by atoms with Crippen LogP contribution in [0, 0.1) is 5.92 Å². The van der Waals surface area contributed by atoms with Crippen LogP contribution in [0.1, 0.15) is 32.3 Å². The summed E-state index contributed by atoms with van der Waals surface area (Å²) in [4.78, 5) is 13.8. The number of rotatable bonds is 8. The van der Waals surface area contributed by atoms with Gasteiger partial charge in [-0.2, -0.15) is 0 Å². The molecule has 0 saturated carbocycles. The lowest BCUT2D eigenvalue weighted by Gasteiger charge is -2.24. The van der Waals surface area contributed by atoms with E-state index in [0.717, 1.165) is 31.6 Å². The van der Waals surface area contributed by atoms with Crippen molar-refractivity contribution in [2.24, 2.45) is 11.7 Å². The molecule has 21 heavy (non-hydrogen) atoms. The number of benzene rings is 1. The lowest BCUT2D eigenvalue weighted by atomic mass is 10.00. The molecule has 1 rings (SSSR count). The first-order valence-corrected chi connectivity index (χ1v) is 7.61. The number of carbonyl (C=O) groups is 1. The minimum absolute atomic E-state index is 0.0402. The molecule has 2 atom stereocenters. The predicted molar refractivity (Wildman–Crippen MR) is 86.4 cm³/mol. The first-order valence-electron chi connectivity index (χ1n) is 7.61. The average molecular weight is 292 g/mol. The maximum atomic E-state index is 12.1. The zero-order valence-corrected chi connectivity index (χ0v) is 13.6. The zero-order valence-electron chi connectivity index (χ0n) is 13.6. The maximum Gasteiger partial charge on any atom is 0.239 e. The van der Waals surface area contributed by atoms with Gasteiger partial charge in [0.1, 0.15) is 5.75 Å². The van der Waals surface area contributed by atoms with Crippen LogP contribution in [0.4, 0.5) is 0 Å². The van der Waals surface area contributed by atoms with E-state index in [9.17, 15) is 4.79 Å². The number of nitrogens with zero attached hydrogens (tertiary/aromatic N) is 1. The first-order chi connectivity index (χ1) is 9.97.